The highest BCUT2D eigenvalue weighted by atomic mass is 35.5. The fraction of sp³-hybridized carbons (Fsp3) is 0.400. The number of aryl methyl sites for hydroxylation is 2. The van der Waals surface area contributed by atoms with Gasteiger partial charge in [0.2, 0.25) is 11.3 Å². The lowest BCUT2D eigenvalue weighted by atomic mass is 9.80. The minimum atomic E-state index is -1.54. The first-order valence-electron chi connectivity index (χ1n) is 18.1. The maximum atomic E-state index is 12.1. The van der Waals surface area contributed by atoms with Gasteiger partial charge in [0.25, 0.3) is 17.6 Å². The number of carboxylic acid groups (broad SMARTS) is 2. The van der Waals surface area contributed by atoms with Crippen LogP contribution in [0.4, 0.5) is 0 Å². The van der Waals surface area contributed by atoms with Crippen molar-refractivity contribution in [3.8, 4) is 0 Å². The number of aliphatic carboxylic acids is 2. The van der Waals surface area contributed by atoms with E-state index in [1.807, 2.05) is 0 Å². The number of aromatic nitrogens is 2. The molecule has 21 nitrogen and oxygen atoms in total. The molecule has 1 aromatic carbocycles. The van der Waals surface area contributed by atoms with Crippen LogP contribution in [0.1, 0.15) is 105 Å². The maximum Gasteiger partial charge on any atom is 0.379 e. The molecule has 4 N–H and O–H groups in total. The molecule has 3 fully saturated rings. The van der Waals surface area contributed by atoms with Crippen molar-refractivity contribution in [3.63, 3.8) is 0 Å². The molecule has 3 saturated carbocycles. The first kappa shape index (κ1) is 50.4. The lowest BCUT2D eigenvalue weighted by Gasteiger charge is -2.39. The van der Waals surface area contributed by atoms with Crippen LogP contribution in [0.2, 0.25) is 8.67 Å². The van der Waals surface area contributed by atoms with Gasteiger partial charge in [0.1, 0.15) is 20.1 Å². The van der Waals surface area contributed by atoms with Gasteiger partial charge >= 0.3 is 54.0 Å². The van der Waals surface area contributed by atoms with Crippen molar-refractivity contribution in [3.05, 3.63) is 65.5 Å². The molecule has 28 heteroatoms. The molecule has 328 valence electrons. The molecule has 2 aromatic heterocycles. The number of thiazole rings is 2. The number of ketones is 1. The van der Waals surface area contributed by atoms with Crippen LogP contribution in [0.15, 0.2) is 29.4 Å². The normalized spacial score (nSPS) is 17.1. The van der Waals surface area contributed by atoms with Gasteiger partial charge in [0, 0.05) is 12.8 Å². The van der Waals surface area contributed by atoms with Gasteiger partial charge in [-0.05, 0) is 70.9 Å². The summed E-state index contributed by atoms with van der Waals surface area (Å²) in [7, 11) is 14.4. The number of carbonyl (C=O) groups is 8. The molecule has 0 unspecified atom stereocenters. The number of nitrogens with zero attached hydrogens (tertiary/aromatic N) is 4. The zero-order valence-corrected chi connectivity index (χ0v) is 36.1. The molecule has 63 heavy (non-hydrogen) atoms. The Bertz CT molecular complexity index is 2280. The predicted molar refractivity (Wildman–Crippen MR) is 220 cm³/mol. The second-order valence-corrected chi connectivity index (χ2v) is 17.2. The van der Waals surface area contributed by atoms with Crippen LogP contribution in [-0.2, 0) is 52.4 Å². The third-order valence-electron chi connectivity index (χ3n) is 9.70. The van der Waals surface area contributed by atoms with Gasteiger partial charge in [0.15, 0.2) is 11.2 Å². The number of benzene rings is 1. The van der Waals surface area contributed by atoms with Crippen LogP contribution in [-0.4, -0.2) is 119 Å². The van der Waals surface area contributed by atoms with Gasteiger partial charge in [-0.3, -0.25) is 28.8 Å². The fourth-order valence-electron chi connectivity index (χ4n) is 5.78. The van der Waals surface area contributed by atoms with Crippen molar-refractivity contribution in [2.45, 2.75) is 88.4 Å². The van der Waals surface area contributed by atoms with E-state index in [1.54, 1.807) is 26.0 Å². The van der Waals surface area contributed by atoms with E-state index in [2.05, 4.69) is 42.0 Å². The summed E-state index contributed by atoms with van der Waals surface area (Å²) in [5, 5.41) is 22.9. The Morgan fingerprint density at radius 3 is 1.44 bits per heavy atom. The number of amides is 2. The zero-order chi connectivity index (χ0) is 46.9. The number of carboxylic acids is 2. The Kier molecular flexibility index (Phi) is 17.1. The molecule has 6 radical (unpaired) electrons. The summed E-state index contributed by atoms with van der Waals surface area (Å²) < 4.78 is 12.7. The molecule has 4 aliphatic rings. The number of hydroxylamine groups is 2. The van der Waals surface area contributed by atoms with Crippen molar-refractivity contribution >= 4 is 123 Å². The molecular weight excluding hydrogens is 914 g/mol. The number of halogens is 2. The van der Waals surface area contributed by atoms with Crippen molar-refractivity contribution in [1.29, 1.82) is 0 Å². The van der Waals surface area contributed by atoms with E-state index in [1.165, 1.54) is 12.1 Å². The monoisotopic (exact) mass is 945 g/mol. The van der Waals surface area contributed by atoms with E-state index >= 15 is 0 Å². The molecule has 0 bridgehead atoms. The molecule has 3 heterocycles. The number of oxime groups is 1. The molecule has 3 aliphatic carbocycles. The Balaban J connectivity index is 0.000000193. The summed E-state index contributed by atoms with van der Waals surface area (Å²) in [4.78, 5) is 113. The first-order valence-corrected chi connectivity index (χ1v) is 20.5. The molecule has 0 saturated heterocycles. The van der Waals surface area contributed by atoms with Gasteiger partial charge in [-0.15, -0.1) is 27.7 Å². The van der Waals surface area contributed by atoms with Gasteiger partial charge in [0.05, 0.1) is 21.1 Å². The molecule has 3 aromatic rings. The smallest absolute Gasteiger partial charge is 0.379 e. The van der Waals surface area contributed by atoms with Crippen molar-refractivity contribution in [1.82, 2.24) is 15.0 Å². The number of carbonyl (C=O) groups excluding carboxylic acids is 6. The Morgan fingerprint density at radius 2 is 1.13 bits per heavy atom. The predicted octanol–water partition coefficient (Wildman–Crippen LogP) is 3.02. The Labute approximate surface area is 378 Å². The number of nitrogens with two attached hydrogens (primary N) is 1. The van der Waals surface area contributed by atoms with E-state index in [0.717, 1.165) is 41.9 Å². The molecule has 7 rings (SSSR count). The maximum absolute atomic E-state index is 12.1. The van der Waals surface area contributed by atoms with Crippen molar-refractivity contribution in [2.24, 2.45) is 11.1 Å². The molecule has 2 amide bonds. The standard InChI is InChI=1S/C13H10BNO5.C11H10BClN2O5S.C6H4ClNO3S.C5H8BNO3/c14-19-12(18)13(6-3-7-13)20-15-10(16)8-4-1-2-5-9(8)11(15)17;1-5-14-6(8(13)21-5)7(9(16)17)15-20-11(3-2-4-11)10(18)19-12;1-2-8-3(5(7)12-2)4(9)6(10)11;6-9-4(8)5(10-7)2-1-3-5/h1-2,4-5H,3,6-7H2;2-4H2,1H3,(H,16,17);1H3,(H,10,11);1-3,7H2/b;15-7-;;. The number of rotatable bonds is 12. The highest BCUT2D eigenvalue weighted by molar-refractivity contribution is 7.16. The van der Waals surface area contributed by atoms with E-state index in [-0.39, 0.29) is 31.2 Å². The van der Waals surface area contributed by atoms with Crippen LogP contribution < -0.4 is 5.90 Å². The first-order chi connectivity index (χ1) is 29.7. The van der Waals surface area contributed by atoms with Crippen LogP contribution in [0, 0.1) is 13.8 Å². The third kappa shape index (κ3) is 11.1. The summed E-state index contributed by atoms with van der Waals surface area (Å²) in [6.07, 6.45) is 4.99. The van der Waals surface area contributed by atoms with Crippen LogP contribution in [0.25, 0.3) is 0 Å². The van der Waals surface area contributed by atoms with Gasteiger partial charge in [-0.25, -0.2) is 35.1 Å². The van der Waals surface area contributed by atoms with Gasteiger partial charge in [-0.2, -0.15) is 0 Å². The summed E-state index contributed by atoms with van der Waals surface area (Å²) in [6.45, 7) is 3.33. The highest BCUT2D eigenvalue weighted by Gasteiger charge is 2.52. The van der Waals surface area contributed by atoms with E-state index in [9.17, 15) is 43.5 Å². The highest BCUT2D eigenvalue weighted by Crippen LogP contribution is 2.40. The average molecular weight is 946 g/mol. The fourth-order valence-corrected chi connectivity index (χ4v) is 7.98. The zero-order valence-electron chi connectivity index (χ0n) is 33.0. The largest absolute Gasteiger partial charge is 0.541 e. The average Bonchev–Trinajstić information content (AvgIpc) is 3.82. The van der Waals surface area contributed by atoms with E-state index < -0.39 is 70.0 Å². The van der Waals surface area contributed by atoms with Crippen LogP contribution in [0.3, 0.4) is 0 Å². The van der Waals surface area contributed by atoms with Gasteiger partial charge in [-0.1, -0.05) is 40.5 Å². The third-order valence-corrected chi connectivity index (χ3v) is 12.0. The number of hydrogen-bond acceptors (Lipinski definition) is 20. The number of fused-ring (bicyclic) bond motifs is 1. The topological polar surface area (TPSA) is 300 Å². The number of Topliss-reactive ketones (excluding diaryl/α,β-unsaturated/α-hetero) is 1. The summed E-state index contributed by atoms with van der Waals surface area (Å²) in [5.41, 5.74) is -3.72. The second-order valence-electron chi connectivity index (χ2n) is 13.6. The second kappa shape index (κ2) is 21.4. The van der Waals surface area contributed by atoms with Crippen LogP contribution in [0.5, 0.6) is 0 Å². The van der Waals surface area contributed by atoms with Crippen molar-refractivity contribution < 1.29 is 77.0 Å². The summed E-state index contributed by atoms with van der Waals surface area (Å²) >= 11 is 13.7. The minimum absolute atomic E-state index is 0.00209. The summed E-state index contributed by atoms with van der Waals surface area (Å²) in [6, 6.07) is 6.38. The SMILES string of the molecule is Cc1nc(C(=O)C(=O)O)c(Cl)s1.[B]OC(=O)C1(O/N=C(\C(=O)O)c2nc(C)sc2Cl)CCC1.[B]OC(=O)C1(ON)CCC1.[B]OC(=O)C1(ON2C(=O)c3ccccc3C2=O)CCC1. The molecular formula is C35H32B3Cl2N5O16S2. The van der Waals surface area contributed by atoms with Crippen LogP contribution >= 0.6 is 45.9 Å². The van der Waals surface area contributed by atoms with Crippen molar-refractivity contribution in [2.75, 3.05) is 0 Å². The van der Waals surface area contributed by atoms with E-state index in [4.69, 9.17) is 60.0 Å². The molecule has 0 atom stereocenters. The number of hydrogen-bond donors (Lipinski definition) is 3. The van der Waals surface area contributed by atoms with Gasteiger partial charge < -0.3 is 29.0 Å². The molecule has 1 aliphatic heterocycles. The Hall–Kier alpha value is -5.24. The molecule has 0 spiro atoms. The lowest BCUT2D eigenvalue weighted by molar-refractivity contribution is -0.227. The minimum Gasteiger partial charge on any atom is -0.541 e. The quantitative estimate of drug-likeness (QED) is 0.0587. The lowest BCUT2D eigenvalue weighted by Crippen LogP contribution is -2.53. The van der Waals surface area contributed by atoms with E-state index in [0.29, 0.717) is 53.6 Å². The summed E-state index contributed by atoms with van der Waals surface area (Å²) in [5.74, 6) is -2.39. The Morgan fingerprint density at radius 1 is 0.714 bits per heavy atom. The number of imide groups is 1.